The highest BCUT2D eigenvalue weighted by Gasteiger charge is 2.49. The van der Waals surface area contributed by atoms with E-state index in [2.05, 4.69) is 59.4 Å². The molecule has 1 saturated carbocycles. The molecule has 1 unspecified atom stereocenters. The number of nitrogens with one attached hydrogen (secondary N) is 1. The zero-order valence-corrected chi connectivity index (χ0v) is 16.3. The van der Waals surface area contributed by atoms with E-state index in [1.54, 1.807) is 0 Å². The summed E-state index contributed by atoms with van der Waals surface area (Å²) in [5, 5.41) is 3.13. The molecule has 4 heteroatoms. The minimum atomic E-state index is -0.0678. The summed E-state index contributed by atoms with van der Waals surface area (Å²) in [5.74, 6) is 0.726. The molecule has 0 bridgehead atoms. The monoisotopic (exact) mass is 401 g/mol. The first kappa shape index (κ1) is 18.0. The molecular weight excluding hydrogens is 378 g/mol. The third-order valence-electron chi connectivity index (χ3n) is 5.13. The fourth-order valence-corrected chi connectivity index (χ4v) is 3.65. The minimum Gasteiger partial charge on any atom is -0.483 e. The third kappa shape index (κ3) is 4.06. The first-order valence-corrected chi connectivity index (χ1v) is 9.60. The van der Waals surface area contributed by atoms with E-state index in [9.17, 15) is 4.79 Å². The average molecular weight is 402 g/mol. The number of hydrogen-bond acceptors (Lipinski definition) is 2. The van der Waals surface area contributed by atoms with E-state index < -0.39 is 0 Å². The number of aryl methyl sites for hydroxylation is 1. The normalized spacial score (nSPS) is 16.1. The van der Waals surface area contributed by atoms with Gasteiger partial charge in [0.2, 0.25) is 0 Å². The van der Waals surface area contributed by atoms with Gasteiger partial charge in [-0.05, 0) is 55.5 Å². The van der Waals surface area contributed by atoms with Gasteiger partial charge in [0.15, 0.2) is 6.61 Å². The molecule has 1 aliphatic carbocycles. The van der Waals surface area contributed by atoms with E-state index in [4.69, 9.17) is 4.74 Å². The number of benzene rings is 2. The van der Waals surface area contributed by atoms with Gasteiger partial charge in [0.25, 0.3) is 5.91 Å². The lowest BCUT2D eigenvalue weighted by molar-refractivity contribution is -0.123. The summed E-state index contributed by atoms with van der Waals surface area (Å²) >= 11 is 3.48. The number of amides is 1. The largest absolute Gasteiger partial charge is 0.483 e. The Labute approximate surface area is 157 Å². The molecule has 3 nitrogen and oxygen atoms in total. The lowest BCUT2D eigenvalue weighted by atomic mass is 9.89. The summed E-state index contributed by atoms with van der Waals surface area (Å²) in [6, 6.07) is 16.4. The zero-order valence-electron chi connectivity index (χ0n) is 14.7. The number of carbonyl (C=O) groups excluding carboxylic acids is 1. The SMILES string of the molecule is CCc1ccccc1OCC(=O)NC(C)C1(c2ccc(Br)cc2)CC1. The molecule has 1 amide bonds. The molecule has 1 fully saturated rings. The van der Waals surface area contributed by atoms with Crippen molar-refractivity contribution in [1.82, 2.24) is 5.32 Å². The molecule has 2 aromatic rings. The van der Waals surface area contributed by atoms with Crippen molar-refractivity contribution in [1.29, 1.82) is 0 Å². The van der Waals surface area contributed by atoms with Crippen molar-refractivity contribution in [2.75, 3.05) is 6.61 Å². The number of carbonyl (C=O) groups is 1. The molecule has 3 rings (SSSR count). The first-order chi connectivity index (χ1) is 12.0. The molecular formula is C21H24BrNO2. The molecule has 0 saturated heterocycles. The minimum absolute atomic E-state index is 0.0533. The van der Waals surface area contributed by atoms with Gasteiger partial charge in [-0.3, -0.25) is 4.79 Å². The van der Waals surface area contributed by atoms with Crippen LogP contribution in [-0.4, -0.2) is 18.6 Å². The number of para-hydroxylation sites is 1. The summed E-state index contributed by atoms with van der Waals surface area (Å²) in [7, 11) is 0. The van der Waals surface area contributed by atoms with Crippen LogP contribution in [-0.2, 0) is 16.6 Å². The number of hydrogen-bond donors (Lipinski definition) is 1. The summed E-state index contributed by atoms with van der Waals surface area (Å²) in [6.45, 7) is 4.23. The molecule has 0 spiro atoms. The Balaban J connectivity index is 1.58. The van der Waals surface area contributed by atoms with Crippen LogP contribution in [0.3, 0.4) is 0 Å². The third-order valence-corrected chi connectivity index (χ3v) is 5.66. The summed E-state index contributed by atoms with van der Waals surface area (Å²) < 4.78 is 6.80. The average Bonchev–Trinajstić information content (AvgIpc) is 3.43. The van der Waals surface area contributed by atoms with Crippen molar-refractivity contribution in [2.45, 2.75) is 44.6 Å². The molecule has 1 N–H and O–H groups in total. The predicted molar refractivity (Wildman–Crippen MR) is 104 cm³/mol. The second kappa shape index (κ2) is 7.61. The van der Waals surface area contributed by atoms with Crippen LogP contribution in [0.5, 0.6) is 5.75 Å². The Bertz CT molecular complexity index is 738. The van der Waals surface area contributed by atoms with Crippen molar-refractivity contribution < 1.29 is 9.53 Å². The highest BCUT2D eigenvalue weighted by Crippen LogP contribution is 2.51. The zero-order chi connectivity index (χ0) is 17.9. The maximum Gasteiger partial charge on any atom is 0.258 e. The quantitative estimate of drug-likeness (QED) is 0.734. The van der Waals surface area contributed by atoms with Crippen molar-refractivity contribution >= 4 is 21.8 Å². The Kier molecular flexibility index (Phi) is 5.48. The highest BCUT2D eigenvalue weighted by molar-refractivity contribution is 9.10. The molecule has 1 aliphatic rings. The fourth-order valence-electron chi connectivity index (χ4n) is 3.39. The Morgan fingerprint density at radius 1 is 1.20 bits per heavy atom. The molecule has 132 valence electrons. The molecule has 0 aromatic heterocycles. The Morgan fingerprint density at radius 3 is 2.52 bits per heavy atom. The lowest BCUT2D eigenvalue weighted by Crippen LogP contribution is -2.43. The topological polar surface area (TPSA) is 38.3 Å². The van der Waals surface area contributed by atoms with Gasteiger partial charge in [0, 0.05) is 15.9 Å². The standard InChI is InChI=1S/C21H24BrNO2/c1-3-16-6-4-5-7-19(16)25-14-20(24)23-15(2)21(12-13-21)17-8-10-18(22)11-9-17/h4-11,15H,3,12-14H2,1-2H3,(H,23,24). The molecule has 0 radical (unpaired) electrons. The van der Waals surface area contributed by atoms with Crippen molar-refractivity contribution in [3.63, 3.8) is 0 Å². The van der Waals surface area contributed by atoms with Gasteiger partial charge in [0.05, 0.1) is 0 Å². The first-order valence-electron chi connectivity index (χ1n) is 8.81. The maximum atomic E-state index is 12.3. The van der Waals surface area contributed by atoms with Crippen LogP contribution in [0, 0.1) is 0 Å². The van der Waals surface area contributed by atoms with E-state index in [1.807, 2.05) is 24.3 Å². The van der Waals surface area contributed by atoms with Gasteiger partial charge < -0.3 is 10.1 Å². The van der Waals surface area contributed by atoms with Gasteiger partial charge in [-0.15, -0.1) is 0 Å². The lowest BCUT2D eigenvalue weighted by Gasteiger charge is -2.25. The van der Waals surface area contributed by atoms with E-state index >= 15 is 0 Å². The molecule has 1 atom stereocenters. The van der Waals surface area contributed by atoms with Crippen LogP contribution in [0.1, 0.15) is 37.8 Å². The van der Waals surface area contributed by atoms with Gasteiger partial charge in [-0.1, -0.05) is 53.2 Å². The fraction of sp³-hybridized carbons (Fsp3) is 0.381. The van der Waals surface area contributed by atoms with E-state index in [0.29, 0.717) is 0 Å². The number of ether oxygens (including phenoxy) is 1. The van der Waals surface area contributed by atoms with Gasteiger partial charge >= 0.3 is 0 Å². The van der Waals surface area contributed by atoms with E-state index in [-0.39, 0.29) is 24.0 Å². The second-order valence-corrected chi connectivity index (χ2v) is 7.62. The Morgan fingerprint density at radius 2 is 1.88 bits per heavy atom. The van der Waals surface area contributed by atoms with Crippen LogP contribution in [0.4, 0.5) is 0 Å². The van der Waals surface area contributed by atoms with E-state index in [0.717, 1.165) is 35.0 Å². The van der Waals surface area contributed by atoms with Crippen molar-refractivity contribution in [3.8, 4) is 5.75 Å². The molecule has 0 heterocycles. The molecule has 0 aliphatic heterocycles. The van der Waals surface area contributed by atoms with E-state index in [1.165, 1.54) is 5.56 Å². The van der Waals surface area contributed by atoms with Crippen LogP contribution in [0.15, 0.2) is 53.0 Å². The molecule has 25 heavy (non-hydrogen) atoms. The van der Waals surface area contributed by atoms with Gasteiger partial charge in [-0.2, -0.15) is 0 Å². The summed E-state index contributed by atoms with van der Waals surface area (Å²) in [5.41, 5.74) is 2.48. The van der Waals surface area contributed by atoms with Crippen LogP contribution in [0.2, 0.25) is 0 Å². The van der Waals surface area contributed by atoms with Crippen LogP contribution >= 0.6 is 15.9 Å². The smallest absolute Gasteiger partial charge is 0.258 e. The predicted octanol–water partition coefficient (Wildman–Crippen LogP) is 4.63. The van der Waals surface area contributed by atoms with Crippen LogP contribution in [0.25, 0.3) is 0 Å². The summed E-state index contributed by atoms with van der Waals surface area (Å²) in [6.07, 6.45) is 3.10. The Hall–Kier alpha value is -1.81. The van der Waals surface area contributed by atoms with Crippen molar-refractivity contribution in [3.05, 3.63) is 64.1 Å². The number of halogens is 1. The molecule has 2 aromatic carbocycles. The van der Waals surface area contributed by atoms with Gasteiger partial charge in [-0.25, -0.2) is 0 Å². The number of rotatable bonds is 7. The van der Waals surface area contributed by atoms with Gasteiger partial charge in [0.1, 0.15) is 5.75 Å². The summed E-state index contributed by atoms with van der Waals surface area (Å²) in [4.78, 5) is 12.3. The second-order valence-electron chi connectivity index (χ2n) is 6.70. The highest BCUT2D eigenvalue weighted by atomic mass is 79.9. The maximum absolute atomic E-state index is 12.3. The van der Waals surface area contributed by atoms with Crippen molar-refractivity contribution in [2.24, 2.45) is 0 Å². The van der Waals surface area contributed by atoms with Crippen LogP contribution < -0.4 is 10.1 Å².